The number of nitrogens with zero attached hydrogens (tertiary/aromatic N) is 2. The van der Waals surface area contributed by atoms with E-state index in [-0.39, 0.29) is 17.6 Å². The fraction of sp³-hybridized carbons (Fsp3) is 0.190. The van der Waals surface area contributed by atoms with Crippen LogP contribution in [0, 0.1) is 0 Å². The van der Waals surface area contributed by atoms with Crippen molar-refractivity contribution in [3.8, 4) is 11.5 Å². The highest BCUT2D eigenvalue weighted by Crippen LogP contribution is 2.30. The van der Waals surface area contributed by atoms with Gasteiger partial charge < -0.3 is 20.1 Å². The van der Waals surface area contributed by atoms with Crippen molar-refractivity contribution < 1.29 is 14.3 Å². The van der Waals surface area contributed by atoms with Gasteiger partial charge in [0.2, 0.25) is 0 Å². The average molecular weight is 378 g/mol. The molecular weight excluding hydrogens is 356 g/mol. The second-order valence-corrected chi connectivity index (χ2v) is 6.09. The summed E-state index contributed by atoms with van der Waals surface area (Å²) in [5.74, 6) is 1.35. The summed E-state index contributed by atoms with van der Waals surface area (Å²) in [6.45, 7) is 2.03. The van der Waals surface area contributed by atoms with Crippen LogP contribution >= 0.6 is 0 Å². The molecule has 1 heterocycles. The zero-order chi connectivity index (χ0) is 19.9. The SMILES string of the molecule is COc1ccc(NC(=O)c2cc(NC(C)c3ccccc3)ncn2)cc1OC. The summed E-state index contributed by atoms with van der Waals surface area (Å²) >= 11 is 0. The predicted octanol–water partition coefficient (Wildman–Crippen LogP) is 3.92. The van der Waals surface area contributed by atoms with Gasteiger partial charge in [-0.3, -0.25) is 4.79 Å². The van der Waals surface area contributed by atoms with Crippen LogP contribution in [0.4, 0.5) is 11.5 Å². The van der Waals surface area contributed by atoms with Crippen molar-refractivity contribution in [1.29, 1.82) is 0 Å². The number of methoxy groups -OCH3 is 2. The number of anilines is 2. The standard InChI is InChI=1S/C21H22N4O3/c1-14(15-7-5-4-6-8-15)24-20-12-17(22-13-23-20)21(26)25-16-9-10-18(27-2)19(11-16)28-3/h4-14H,1-3H3,(H,25,26)(H,22,23,24). The van der Waals surface area contributed by atoms with Crippen molar-refractivity contribution in [2.45, 2.75) is 13.0 Å². The number of hydrogen-bond donors (Lipinski definition) is 2. The molecule has 1 aromatic heterocycles. The van der Waals surface area contributed by atoms with Crippen molar-refractivity contribution in [1.82, 2.24) is 9.97 Å². The van der Waals surface area contributed by atoms with Crippen molar-refractivity contribution in [3.05, 3.63) is 72.2 Å². The highest BCUT2D eigenvalue weighted by Gasteiger charge is 2.13. The Balaban J connectivity index is 1.72. The largest absolute Gasteiger partial charge is 0.493 e. The maximum Gasteiger partial charge on any atom is 0.274 e. The molecule has 0 saturated carbocycles. The summed E-state index contributed by atoms with van der Waals surface area (Å²) in [7, 11) is 3.10. The molecule has 1 atom stereocenters. The first-order valence-electron chi connectivity index (χ1n) is 8.77. The second-order valence-electron chi connectivity index (χ2n) is 6.09. The Morgan fingerprint density at radius 3 is 2.43 bits per heavy atom. The van der Waals surface area contributed by atoms with E-state index in [9.17, 15) is 4.79 Å². The summed E-state index contributed by atoms with van der Waals surface area (Å²) < 4.78 is 10.5. The molecule has 144 valence electrons. The number of carbonyl (C=O) groups excluding carboxylic acids is 1. The fourth-order valence-electron chi connectivity index (χ4n) is 2.72. The molecule has 0 aliphatic heterocycles. The van der Waals surface area contributed by atoms with Crippen LogP contribution in [0.25, 0.3) is 0 Å². The molecule has 0 saturated heterocycles. The smallest absolute Gasteiger partial charge is 0.274 e. The van der Waals surface area contributed by atoms with Gasteiger partial charge in [-0.05, 0) is 24.6 Å². The lowest BCUT2D eigenvalue weighted by molar-refractivity contribution is 0.102. The second kappa shape index (κ2) is 8.85. The first kappa shape index (κ1) is 19.2. The highest BCUT2D eigenvalue weighted by molar-refractivity contribution is 6.03. The first-order chi connectivity index (χ1) is 13.6. The van der Waals surface area contributed by atoms with Gasteiger partial charge in [0.05, 0.1) is 14.2 Å². The highest BCUT2D eigenvalue weighted by atomic mass is 16.5. The van der Waals surface area contributed by atoms with E-state index in [2.05, 4.69) is 20.6 Å². The van der Waals surface area contributed by atoms with Gasteiger partial charge in [0.15, 0.2) is 11.5 Å². The van der Waals surface area contributed by atoms with Gasteiger partial charge in [0.25, 0.3) is 5.91 Å². The molecule has 2 N–H and O–H groups in total. The Labute approximate surface area is 163 Å². The van der Waals surface area contributed by atoms with E-state index in [1.807, 2.05) is 37.3 Å². The number of nitrogens with one attached hydrogen (secondary N) is 2. The van der Waals surface area contributed by atoms with Crippen LogP contribution in [0.2, 0.25) is 0 Å². The van der Waals surface area contributed by atoms with Gasteiger partial charge in [-0.15, -0.1) is 0 Å². The third-order valence-corrected chi connectivity index (χ3v) is 4.21. The molecule has 0 aliphatic carbocycles. The normalized spacial score (nSPS) is 11.4. The zero-order valence-corrected chi connectivity index (χ0v) is 16.0. The molecule has 7 nitrogen and oxygen atoms in total. The van der Waals surface area contributed by atoms with Gasteiger partial charge in [0, 0.05) is 23.9 Å². The number of carbonyl (C=O) groups is 1. The first-order valence-corrected chi connectivity index (χ1v) is 8.77. The molecule has 2 aromatic carbocycles. The molecule has 3 aromatic rings. The van der Waals surface area contributed by atoms with Crippen molar-refractivity contribution >= 4 is 17.4 Å². The van der Waals surface area contributed by atoms with E-state index in [4.69, 9.17) is 9.47 Å². The minimum absolute atomic E-state index is 0.0397. The topological polar surface area (TPSA) is 85.4 Å². The number of ether oxygens (including phenoxy) is 2. The Hall–Kier alpha value is -3.61. The van der Waals surface area contributed by atoms with Gasteiger partial charge in [0.1, 0.15) is 17.8 Å². The molecule has 28 heavy (non-hydrogen) atoms. The van der Waals surface area contributed by atoms with Crippen LogP contribution < -0.4 is 20.1 Å². The van der Waals surface area contributed by atoms with Gasteiger partial charge in [-0.25, -0.2) is 9.97 Å². The quantitative estimate of drug-likeness (QED) is 0.648. The van der Waals surface area contributed by atoms with Gasteiger partial charge >= 0.3 is 0 Å². The summed E-state index contributed by atoms with van der Waals surface area (Å²) in [5, 5.41) is 6.09. The van der Waals surface area contributed by atoms with Crippen LogP contribution in [0.15, 0.2) is 60.9 Å². The number of aromatic nitrogens is 2. The monoisotopic (exact) mass is 378 g/mol. The Morgan fingerprint density at radius 1 is 0.964 bits per heavy atom. The molecule has 0 bridgehead atoms. The third kappa shape index (κ3) is 4.56. The van der Waals surface area contributed by atoms with Crippen molar-refractivity contribution in [2.24, 2.45) is 0 Å². The Kier molecular flexibility index (Phi) is 6.06. The molecule has 7 heteroatoms. The number of benzene rings is 2. The van der Waals surface area contributed by atoms with Crippen LogP contribution in [0.1, 0.15) is 29.0 Å². The molecule has 0 radical (unpaired) electrons. The lowest BCUT2D eigenvalue weighted by Gasteiger charge is -2.15. The summed E-state index contributed by atoms with van der Waals surface area (Å²) in [5.41, 5.74) is 1.96. The Bertz CT molecular complexity index is 947. The minimum atomic E-state index is -0.343. The summed E-state index contributed by atoms with van der Waals surface area (Å²) in [4.78, 5) is 20.9. The summed E-state index contributed by atoms with van der Waals surface area (Å²) in [6, 6.07) is 16.8. The molecule has 0 fully saturated rings. The average Bonchev–Trinajstić information content (AvgIpc) is 2.74. The predicted molar refractivity (Wildman–Crippen MR) is 108 cm³/mol. The van der Waals surface area contributed by atoms with Crippen LogP contribution in [-0.4, -0.2) is 30.1 Å². The van der Waals surface area contributed by atoms with E-state index >= 15 is 0 Å². The van der Waals surface area contributed by atoms with E-state index in [0.29, 0.717) is 23.0 Å². The number of rotatable bonds is 7. The fourth-order valence-corrected chi connectivity index (χ4v) is 2.72. The molecule has 1 amide bonds. The maximum absolute atomic E-state index is 12.6. The van der Waals surface area contributed by atoms with E-state index in [1.165, 1.54) is 6.33 Å². The maximum atomic E-state index is 12.6. The van der Waals surface area contributed by atoms with E-state index in [1.54, 1.807) is 38.5 Å². The zero-order valence-electron chi connectivity index (χ0n) is 16.0. The number of amides is 1. The van der Waals surface area contributed by atoms with Gasteiger partial charge in [-0.2, -0.15) is 0 Å². The van der Waals surface area contributed by atoms with Crippen molar-refractivity contribution in [2.75, 3.05) is 24.9 Å². The van der Waals surface area contributed by atoms with Crippen LogP contribution in [0.3, 0.4) is 0 Å². The lowest BCUT2D eigenvalue weighted by Crippen LogP contribution is -2.15. The molecule has 3 rings (SSSR count). The lowest BCUT2D eigenvalue weighted by atomic mass is 10.1. The molecule has 0 spiro atoms. The molecular formula is C21H22N4O3. The molecule has 0 aliphatic rings. The van der Waals surface area contributed by atoms with Gasteiger partial charge in [-0.1, -0.05) is 30.3 Å². The van der Waals surface area contributed by atoms with Crippen LogP contribution in [0.5, 0.6) is 11.5 Å². The summed E-state index contributed by atoms with van der Waals surface area (Å²) in [6.07, 6.45) is 1.36. The van der Waals surface area contributed by atoms with E-state index < -0.39 is 0 Å². The minimum Gasteiger partial charge on any atom is -0.493 e. The van der Waals surface area contributed by atoms with Crippen LogP contribution in [-0.2, 0) is 0 Å². The number of hydrogen-bond acceptors (Lipinski definition) is 6. The Morgan fingerprint density at radius 2 is 1.71 bits per heavy atom. The van der Waals surface area contributed by atoms with E-state index in [0.717, 1.165) is 5.56 Å². The molecule has 1 unspecified atom stereocenters. The van der Waals surface area contributed by atoms with Crippen molar-refractivity contribution in [3.63, 3.8) is 0 Å². The third-order valence-electron chi connectivity index (χ3n) is 4.21.